The first-order chi connectivity index (χ1) is 9.72. The predicted molar refractivity (Wildman–Crippen MR) is 79.5 cm³/mol. The van der Waals surface area contributed by atoms with Crippen molar-refractivity contribution in [2.24, 2.45) is 0 Å². The molecule has 3 rings (SSSR count). The first kappa shape index (κ1) is 13.2. The van der Waals surface area contributed by atoms with Gasteiger partial charge in [0.05, 0.1) is 21.9 Å². The second-order valence-corrected chi connectivity index (χ2v) is 5.30. The molecule has 1 aromatic heterocycles. The molecule has 0 unspecified atom stereocenters. The third-order valence-electron chi connectivity index (χ3n) is 3.23. The van der Waals surface area contributed by atoms with Gasteiger partial charge in [-0.2, -0.15) is 5.10 Å². The number of halogens is 1. The lowest BCUT2D eigenvalue weighted by atomic mass is 10.1. The summed E-state index contributed by atoms with van der Waals surface area (Å²) >= 11 is 3.39. The Labute approximate surface area is 125 Å². The van der Waals surface area contributed by atoms with Crippen LogP contribution in [0.1, 0.15) is 23.0 Å². The fourth-order valence-corrected chi connectivity index (χ4v) is 2.78. The lowest BCUT2D eigenvalue weighted by molar-refractivity contribution is 0.102. The fraction of sp³-hybridized carbons (Fsp3) is 0.286. The van der Waals surface area contributed by atoms with E-state index in [2.05, 4.69) is 26.3 Å². The number of para-hydroxylation sites is 1. The second kappa shape index (κ2) is 5.28. The Morgan fingerprint density at radius 2 is 2.40 bits per heavy atom. The lowest BCUT2D eigenvalue weighted by Crippen LogP contribution is -2.21. The van der Waals surface area contributed by atoms with Crippen molar-refractivity contribution in [2.45, 2.75) is 13.5 Å². The van der Waals surface area contributed by atoms with Gasteiger partial charge in [0, 0.05) is 13.1 Å². The molecule has 20 heavy (non-hydrogen) atoms. The van der Waals surface area contributed by atoms with Gasteiger partial charge in [-0.1, -0.05) is 6.07 Å². The zero-order chi connectivity index (χ0) is 14.1. The maximum absolute atomic E-state index is 12.8. The van der Waals surface area contributed by atoms with Crippen LogP contribution in [0, 0.1) is 0 Å². The second-order valence-electron chi connectivity index (χ2n) is 4.44. The monoisotopic (exact) mass is 335 g/mol. The van der Waals surface area contributed by atoms with Crippen LogP contribution in [0.5, 0.6) is 5.75 Å². The minimum atomic E-state index is -0.0863. The summed E-state index contributed by atoms with van der Waals surface area (Å²) in [7, 11) is 0. The number of carbonyl (C=O) groups is 1. The van der Waals surface area contributed by atoms with Crippen LogP contribution in [0.25, 0.3) is 0 Å². The number of hydrogen-bond acceptors (Lipinski definition) is 4. The minimum absolute atomic E-state index is 0.0863. The average Bonchev–Trinajstić information content (AvgIpc) is 2.87. The highest BCUT2D eigenvalue weighted by Gasteiger charge is 2.24. The van der Waals surface area contributed by atoms with E-state index in [-0.39, 0.29) is 5.78 Å². The topological polar surface area (TPSA) is 56.2 Å². The van der Waals surface area contributed by atoms with Crippen LogP contribution < -0.4 is 10.1 Å². The first-order valence-electron chi connectivity index (χ1n) is 6.48. The summed E-state index contributed by atoms with van der Waals surface area (Å²) < 4.78 is 8.04. The molecule has 5 nitrogen and oxygen atoms in total. The number of nitrogens with zero attached hydrogens (tertiary/aromatic N) is 2. The summed E-state index contributed by atoms with van der Waals surface area (Å²) in [6, 6.07) is 5.55. The Bertz CT molecular complexity index is 666. The molecule has 104 valence electrons. The normalized spacial score (nSPS) is 13.3. The first-order valence-corrected chi connectivity index (χ1v) is 7.27. The number of fused-ring (bicyclic) bond motifs is 1. The van der Waals surface area contributed by atoms with Crippen LogP contribution in [0.4, 0.5) is 5.69 Å². The molecule has 0 atom stereocenters. The van der Waals surface area contributed by atoms with E-state index >= 15 is 0 Å². The molecule has 0 saturated heterocycles. The smallest absolute Gasteiger partial charge is 0.215 e. The maximum Gasteiger partial charge on any atom is 0.215 e. The van der Waals surface area contributed by atoms with Crippen molar-refractivity contribution >= 4 is 27.4 Å². The number of aryl methyl sites for hydroxylation is 1. The number of ketones is 1. The molecule has 0 spiro atoms. The van der Waals surface area contributed by atoms with E-state index in [4.69, 9.17) is 4.74 Å². The van der Waals surface area contributed by atoms with Crippen molar-refractivity contribution in [3.05, 3.63) is 40.1 Å². The van der Waals surface area contributed by atoms with Gasteiger partial charge in [0.2, 0.25) is 5.78 Å². The molecule has 1 aliphatic heterocycles. The molecule has 0 saturated carbocycles. The van der Waals surface area contributed by atoms with Gasteiger partial charge < -0.3 is 10.1 Å². The number of anilines is 1. The summed E-state index contributed by atoms with van der Waals surface area (Å²) in [5, 5.41) is 7.42. The highest BCUT2D eigenvalue weighted by atomic mass is 79.9. The molecule has 0 bridgehead atoms. The van der Waals surface area contributed by atoms with E-state index in [0.29, 0.717) is 34.6 Å². The largest absolute Gasteiger partial charge is 0.489 e. The van der Waals surface area contributed by atoms with E-state index in [0.717, 1.165) is 12.2 Å². The molecule has 6 heteroatoms. The predicted octanol–water partition coefficient (Wildman–Crippen LogP) is 2.70. The van der Waals surface area contributed by atoms with Crippen molar-refractivity contribution in [3.63, 3.8) is 0 Å². The van der Waals surface area contributed by atoms with Crippen molar-refractivity contribution in [3.8, 4) is 5.75 Å². The van der Waals surface area contributed by atoms with Gasteiger partial charge >= 0.3 is 0 Å². The molecule has 2 aromatic rings. The Balaban J connectivity index is 2.09. The zero-order valence-corrected chi connectivity index (χ0v) is 12.6. The van der Waals surface area contributed by atoms with Crippen molar-refractivity contribution in [1.82, 2.24) is 9.78 Å². The summed E-state index contributed by atoms with van der Waals surface area (Å²) in [5.41, 5.74) is 1.97. The fourth-order valence-electron chi connectivity index (χ4n) is 2.30. The molecular formula is C14H14BrN3O2. The highest BCUT2D eigenvalue weighted by molar-refractivity contribution is 9.10. The number of aromatic nitrogens is 2. The molecule has 1 N–H and O–H groups in total. The van der Waals surface area contributed by atoms with Crippen molar-refractivity contribution < 1.29 is 9.53 Å². The third kappa shape index (κ3) is 2.10. The van der Waals surface area contributed by atoms with Crippen LogP contribution >= 0.6 is 15.9 Å². The van der Waals surface area contributed by atoms with E-state index in [1.165, 1.54) is 0 Å². The van der Waals surface area contributed by atoms with E-state index in [9.17, 15) is 4.79 Å². The molecule has 0 fully saturated rings. The number of nitrogens with one attached hydrogen (secondary N) is 1. The van der Waals surface area contributed by atoms with E-state index in [1.54, 1.807) is 16.9 Å². The summed E-state index contributed by atoms with van der Waals surface area (Å²) in [5.74, 6) is 0.538. The number of rotatable bonds is 3. The van der Waals surface area contributed by atoms with Gasteiger partial charge in [0.1, 0.15) is 12.3 Å². The number of hydrogen-bond donors (Lipinski definition) is 1. The molecule has 0 radical (unpaired) electrons. The van der Waals surface area contributed by atoms with Crippen LogP contribution in [0.2, 0.25) is 0 Å². The van der Waals surface area contributed by atoms with Gasteiger partial charge in [-0.3, -0.25) is 9.48 Å². The van der Waals surface area contributed by atoms with Gasteiger partial charge in [-0.15, -0.1) is 0 Å². The van der Waals surface area contributed by atoms with Crippen LogP contribution in [-0.2, 0) is 6.54 Å². The van der Waals surface area contributed by atoms with Gasteiger partial charge in [-0.25, -0.2) is 0 Å². The van der Waals surface area contributed by atoms with Crippen LogP contribution in [-0.4, -0.2) is 28.7 Å². The molecule has 0 amide bonds. The van der Waals surface area contributed by atoms with Gasteiger partial charge in [0.25, 0.3) is 0 Å². The number of ether oxygens (including phenoxy) is 1. The highest BCUT2D eigenvalue weighted by Crippen LogP contribution is 2.33. The molecule has 1 aromatic carbocycles. The van der Waals surface area contributed by atoms with Crippen LogP contribution in [0.3, 0.4) is 0 Å². The third-order valence-corrected chi connectivity index (χ3v) is 3.81. The molecular weight excluding hydrogens is 322 g/mol. The minimum Gasteiger partial charge on any atom is -0.489 e. The Hall–Kier alpha value is -1.82. The van der Waals surface area contributed by atoms with Crippen LogP contribution in [0.15, 0.2) is 28.9 Å². The van der Waals surface area contributed by atoms with Crippen molar-refractivity contribution in [1.29, 1.82) is 0 Å². The number of benzene rings is 1. The average molecular weight is 336 g/mol. The summed E-state index contributed by atoms with van der Waals surface area (Å²) in [4.78, 5) is 12.8. The van der Waals surface area contributed by atoms with Gasteiger partial charge in [-0.05, 0) is 35.0 Å². The van der Waals surface area contributed by atoms with E-state index < -0.39 is 0 Å². The summed E-state index contributed by atoms with van der Waals surface area (Å²) in [6.45, 7) is 3.91. The van der Waals surface area contributed by atoms with Gasteiger partial charge in [0.15, 0.2) is 5.75 Å². The maximum atomic E-state index is 12.8. The quantitative estimate of drug-likeness (QED) is 0.876. The zero-order valence-electron chi connectivity index (χ0n) is 11.0. The number of carbonyl (C=O) groups excluding carboxylic acids is 1. The Morgan fingerprint density at radius 1 is 1.55 bits per heavy atom. The van der Waals surface area contributed by atoms with E-state index in [1.807, 2.05) is 19.1 Å². The molecule has 0 aliphatic carbocycles. The lowest BCUT2D eigenvalue weighted by Gasteiger charge is -2.21. The Kier molecular flexibility index (Phi) is 3.48. The molecule has 2 heterocycles. The standard InChI is InChI=1S/C14H14BrN3O2/c1-2-18-12(10(15)8-17-18)13(19)9-4-3-5-11-14(9)20-7-6-16-11/h3-5,8,16H,2,6-7H2,1H3. The van der Waals surface area contributed by atoms with Crippen molar-refractivity contribution in [2.75, 3.05) is 18.5 Å². The molecule has 1 aliphatic rings. The summed E-state index contributed by atoms with van der Waals surface area (Å²) in [6.07, 6.45) is 1.64. The Morgan fingerprint density at radius 3 is 3.20 bits per heavy atom. The SMILES string of the molecule is CCn1ncc(Br)c1C(=O)c1cccc2c1OCCN2.